The number of likely N-dealkylation sites (N-methyl/N-ethyl adjacent to an activating group) is 1. The Kier molecular flexibility index (Phi) is 6.61. The van der Waals surface area contributed by atoms with Crippen molar-refractivity contribution in [2.45, 2.75) is 18.4 Å². The van der Waals surface area contributed by atoms with E-state index in [0.29, 0.717) is 41.9 Å². The molecule has 9 nitrogen and oxygen atoms in total. The van der Waals surface area contributed by atoms with Gasteiger partial charge in [0.1, 0.15) is 11.5 Å². The van der Waals surface area contributed by atoms with Crippen LogP contribution in [0.25, 0.3) is 0 Å². The third-order valence-electron chi connectivity index (χ3n) is 5.42. The van der Waals surface area contributed by atoms with Crippen molar-refractivity contribution in [3.8, 4) is 11.5 Å². The lowest BCUT2D eigenvalue weighted by Gasteiger charge is -2.30. The van der Waals surface area contributed by atoms with Gasteiger partial charge >= 0.3 is 0 Å². The molecule has 10 heteroatoms. The molecule has 1 N–H and O–H groups in total. The van der Waals surface area contributed by atoms with E-state index in [-0.39, 0.29) is 30.3 Å². The van der Waals surface area contributed by atoms with Crippen LogP contribution in [0.15, 0.2) is 22.7 Å². The largest absolute Gasteiger partial charge is 0.497 e. The van der Waals surface area contributed by atoms with Gasteiger partial charge in [0.2, 0.25) is 11.8 Å². The number of amides is 1. The van der Waals surface area contributed by atoms with Gasteiger partial charge in [0.25, 0.3) is 0 Å². The van der Waals surface area contributed by atoms with Crippen LogP contribution < -0.4 is 19.7 Å². The normalized spacial score (nSPS) is 22.4. The van der Waals surface area contributed by atoms with Crippen LogP contribution in [0.4, 0.5) is 5.69 Å². The molecule has 2 fully saturated rings. The van der Waals surface area contributed by atoms with E-state index < -0.39 is 0 Å². The molecule has 2 aliphatic heterocycles. The van der Waals surface area contributed by atoms with Gasteiger partial charge in [-0.2, -0.15) is 4.98 Å². The first-order valence-corrected chi connectivity index (χ1v) is 9.37. The Hall–Kier alpha value is -2.36. The Morgan fingerprint density at radius 2 is 2.10 bits per heavy atom. The van der Waals surface area contributed by atoms with Gasteiger partial charge in [-0.3, -0.25) is 9.69 Å². The third-order valence-corrected chi connectivity index (χ3v) is 5.42. The standard InChI is InChI=1S/C19H25N5O4.ClH/c1-23-7-6-20-10-15(23)18-21-19(28-22-18)12-8-17(25)24(11-12)14-5-4-13(26-2)9-16(14)27-3;/h4-5,9,12,15,20H,6-8,10-11H2,1-3H3;1H. The quantitative estimate of drug-likeness (QED) is 0.775. The van der Waals surface area contributed by atoms with Crippen LogP contribution in [0, 0.1) is 0 Å². The van der Waals surface area contributed by atoms with E-state index >= 15 is 0 Å². The summed E-state index contributed by atoms with van der Waals surface area (Å²) in [7, 11) is 5.23. The van der Waals surface area contributed by atoms with E-state index in [1.54, 1.807) is 25.2 Å². The van der Waals surface area contributed by atoms with Crippen LogP contribution in [-0.2, 0) is 4.79 Å². The Labute approximate surface area is 175 Å². The predicted molar refractivity (Wildman–Crippen MR) is 109 cm³/mol. The van der Waals surface area contributed by atoms with Crippen molar-refractivity contribution in [2.75, 3.05) is 52.3 Å². The van der Waals surface area contributed by atoms with Crippen LogP contribution >= 0.6 is 12.4 Å². The molecule has 2 saturated heterocycles. The summed E-state index contributed by atoms with van der Waals surface area (Å²) in [4.78, 5) is 21.2. The average molecular weight is 424 g/mol. The highest BCUT2D eigenvalue weighted by atomic mass is 35.5. The molecule has 2 aliphatic rings. The van der Waals surface area contributed by atoms with Crippen LogP contribution in [0.1, 0.15) is 30.1 Å². The van der Waals surface area contributed by atoms with Crippen molar-refractivity contribution in [3.63, 3.8) is 0 Å². The number of halogens is 1. The molecular formula is C19H26ClN5O4. The molecule has 3 heterocycles. The zero-order valence-electron chi connectivity index (χ0n) is 16.8. The van der Waals surface area contributed by atoms with Gasteiger partial charge in [0.05, 0.1) is 31.9 Å². The molecule has 2 unspecified atom stereocenters. The number of carbonyl (C=O) groups excluding carboxylic acids is 1. The topological polar surface area (TPSA) is 93.0 Å². The van der Waals surface area contributed by atoms with Crippen LogP contribution in [-0.4, -0.2) is 68.4 Å². The number of anilines is 1. The number of hydrogen-bond donors (Lipinski definition) is 1. The number of rotatable bonds is 5. The van der Waals surface area contributed by atoms with E-state index in [2.05, 4.69) is 27.4 Å². The van der Waals surface area contributed by atoms with Crippen molar-refractivity contribution in [1.82, 2.24) is 20.4 Å². The number of piperazine rings is 1. The molecule has 2 aromatic rings. The third kappa shape index (κ3) is 4.17. The first-order valence-electron chi connectivity index (χ1n) is 9.37. The fourth-order valence-corrected chi connectivity index (χ4v) is 3.76. The Balaban J connectivity index is 0.00000240. The summed E-state index contributed by atoms with van der Waals surface area (Å²) in [6.45, 7) is 3.14. The zero-order valence-corrected chi connectivity index (χ0v) is 17.6. The molecule has 0 radical (unpaired) electrons. The van der Waals surface area contributed by atoms with E-state index in [1.165, 1.54) is 0 Å². The summed E-state index contributed by atoms with van der Waals surface area (Å²) < 4.78 is 16.2. The van der Waals surface area contributed by atoms with Gasteiger partial charge in [-0.05, 0) is 19.2 Å². The lowest BCUT2D eigenvalue weighted by atomic mass is 10.1. The number of nitrogens with zero attached hydrogens (tertiary/aromatic N) is 4. The minimum absolute atomic E-state index is 0. The highest BCUT2D eigenvalue weighted by molar-refractivity contribution is 5.97. The summed E-state index contributed by atoms with van der Waals surface area (Å²) >= 11 is 0. The molecule has 158 valence electrons. The second-order valence-corrected chi connectivity index (χ2v) is 7.13. The summed E-state index contributed by atoms with van der Waals surface area (Å²) in [6.07, 6.45) is 0.329. The maximum absolute atomic E-state index is 12.7. The molecule has 4 rings (SSSR count). The highest BCUT2D eigenvalue weighted by Crippen LogP contribution is 2.38. The maximum Gasteiger partial charge on any atom is 0.232 e. The van der Waals surface area contributed by atoms with Gasteiger partial charge in [-0.1, -0.05) is 5.16 Å². The summed E-state index contributed by atoms with van der Waals surface area (Å²) in [5.74, 6) is 2.31. The number of ether oxygens (including phenoxy) is 2. The van der Waals surface area contributed by atoms with Crippen molar-refractivity contribution >= 4 is 24.0 Å². The van der Waals surface area contributed by atoms with Crippen molar-refractivity contribution < 1.29 is 18.8 Å². The molecule has 29 heavy (non-hydrogen) atoms. The molecule has 1 aromatic heterocycles. The summed E-state index contributed by atoms with van der Waals surface area (Å²) in [5, 5.41) is 7.53. The molecule has 0 spiro atoms. The first kappa shape index (κ1) is 21.4. The number of benzene rings is 1. The van der Waals surface area contributed by atoms with E-state index in [1.807, 2.05) is 12.1 Å². The van der Waals surface area contributed by atoms with Gasteiger partial charge in [0, 0.05) is 38.7 Å². The second kappa shape index (κ2) is 8.98. The second-order valence-electron chi connectivity index (χ2n) is 7.13. The number of methoxy groups -OCH3 is 2. The Morgan fingerprint density at radius 3 is 2.83 bits per heavy atom. The molecule has 0 bridgehead atoms. The lowest BCUT2D eigenvalue weighted by Crippen LogP contribution is -2.44. The Morgan fingerprint density at radius 1 is 1.28 bits per heavy atom. The van der Waals surface area contributed by atoms with E-state index in [9.17, 15) is 4.79 Å². The number of carbonyl (C=O) groups is 1. The summed E-state index contributed by atoms with van der Waals surface area (Å²) in [6, 6.07) is 5.50. The number of hydrogen-bond acceptors (Lipinski definition) is 8. The smallest absolute Gasteiger partial charge is 0.232 e. The predicted octanol–water partition coefficient (Wildman–Crippen LogP) is 1.61. The van der Waals surface area contributed by atoms with Crippen LogP contribution in [0.5, 0.6) is 11.5 Å². The van der Waals surface area contributed by atoms with Gasteiger partial charge < -0.3 is 24.2 Å². The molecular weight excluding hydrogens is 398 g/mol. The SMILES string of the molecule is COc1ccc(N2CC(c3nc(C4CNCCN4C)no3)CC2=O)c(OC)c1.Cl. The van der Waals surface area contributed by atoms with Gasteiger partial charge in [0.15, 0.2) is 5.82 Å². The first-order chi connectivity index (χ1) is 13.6. The minimum atomic E-state index is -0.137. The Bertz CT molecular complexity index is 861. The van der Waals surface area contributed by atoms with Crippen molar-refractivity contribution in [1.29, 1.82) is 0 Å². The lowest BCUT2D eigenvalue weighted by molar-refractivity contribution is -0.117. The average Bonchev–Trinajstić information content (AvgIpc) is 3.34. The number of nitrogens with one attached hydrogen (secondary N) is 1. The van der Waals surface area contributed by atoms with E-state index in [0.717, 1.165) is 19.6 Å². The number of aromatic nitrogens is 2. The van der Waals surface area contributed by atoms with Gasteiger partial charge in [-0.15, -0.1) is 12.4 Å². The molecule has 2 atom stereocenters. The summed E-state index contributed by atoms with van der Waals surface area (Å²) in [5.41, 5.74) is 0.715. The molecule has 1 amide bonds. The molecule has 0 aliphatic carbocycles. The van der Waals surface area contributed by atoms with E-state index in [4.69, 9.17) is 14.0 Å². The fourth-order valence-electron chi connectivity index (χ4n) is 3.76. The maximum atomic E-state index is 12.7. The van der Waals surface area contributed by atoms with Crippen LogP contribution in [0.3, 0.4) is 0 Å². The van der Waals surface area contributed by atoms with Crippen LogP contribution in [0.2, 0.25) is 0 Å². The highest BCUT2D eigenvalue weighted by Gasteiger charge is 2.37. The van der Waals surface area contributed by atoms with Crippen molar-refractivity contribution in [2.24, 2.45) is 0 Å². The molecule has 1 aromatic carbocycles. The minimum Gasteiger partial charge on any atom is -0.497 e. The fraction of sp³-hybridized carbons (Fsp3) is 0.526. The zero-order chi connectivity index (χ0) is 19.7. The van der Waals surface area contributed by atoms with Gasteiger partial charge in [-0.25, -0.2) is 0 Å². The van der Waals surface area contributed by atoms with Crippen molar-refractivity contribution in [3.05, 3.63) is 29.9 Å². The molecule has 0 saturated carbocycles. The monoisotopic (exact) mass is 423 g/mol.